The molecule has 1 saturated heterocycles. The number of anilines is 1. The van der Waals surface area contributed by atoms with E-state index >= 15 is 0 Å². The number of benzene rings is 1. The molecule has 0 radical (unpaired) electrons. The quantitative estimate of drug-likeness (QED) is 0.653. The Labute approximate surface area is 85.7 Å². The van der Waals surface area contributed by atoms with Gasteiger partial charge in [0.15, 0.2) is 0 Å². The minimum absolute atomic E-state index is 0.849. The van der Waals surface area contributed by atoms with E-state index in [1.807, 2.05) is 0 Å². The van der Waals surface area contributed by atoms with E-state index < -0.39 is 0 Å². The van der Waals surface area contributed by atoms with Gasteiger partial charge in [-0.1, -0.05) is 12.1 Å². The van der Waals surface area contributed by atoms with Crippen molar-refractivity contribution in [1.82, 2.24) is 0 Å². The second-order valence-electron chi connectivity index (χ2n) is 4.82. The maximum atomic E-state index is 2.61. The van der Waals surface area contributed by atoms with Crippen LogP contribution in [0.15, 0.2) is 24.3 Å². The van der Waals surface area contributed by atoms with Crippen LogP contribution >= 0.6 is 0 Å². The highest BCUT2D eigenvalue weighted by atomic mass is 15.2. The van der Waals surface area contributed by atoms with E-state index in [0.29, 0.717) is 0 Å². The fourth-order valence-corrected chi connectivity index (χ4v) is 3.05. The molecular weight excluding hydrogens is 170 g/mol. The summed E-state index contributed by atoms with van der Waals surface area (Å²) in [7, 11) is 0. The van der Waals surface area contributed by atoms with Gasteiger partial charge in [0.1, 0.15) is 0 Å². The highest BCUT2D eigenvalue weighted by Crippen LogP contribution is 2.40. The number of rotatable bonds is 1. The van der Waals surface area contributed by atoms with Crippen molar-refractivity contribution in [2.24, 2.45) is 5.92 Å². The van der Waals surface area contributed by atoms with E-state index in [1.54, 1.807) is 0 Å². The van der Waals surface area contributed by atoms with E-state index in [-0.39, 0.29) is 0 Å². The van der Waals surface area contributed by atoms with Crippen molar-refractivity contribution in [1.29, 1.82) is 0 Å². The maximum Gasteiger partial charge on any atom is 0.0371 e. The van der Waals surface area contributed by atoms with Crippen LogP contribution in [-0.2, 0) is 0 Å². The van der Waals surface area contributed by atoms with Gasteiger partial charge in [-0.15, -0.1) is 0 Å². The fraction of sp³-hybridized carbons (Fsp3) is 0.538. The van der Waals surface area contributed by atoms with Crippen molar-refractivity contribution in [2.75, 3.05) is 11.4 Å². The standard InChI is InChI=1S/C13H17N/c1-10-3-2-4-12(7-10)14-9-11-5-6-13(14)8-11/h2-4,7,11,13H,5-6,8-9H2,1H3. The molecule has 2 unspecified atom stereocenters. The van der Waals surface area contributed by atoms with Crippen LogP contribution in [0.4, 0.5) is 5.69 Å². The molecule has 0 aromatic heterocycles. The molecule has 14 heavy (non-hydrogen) atoms. The zero-order chi connectivity index (χ0) is 9.54. The molecule has 1 aliphatic heterocycles. The van der Waals surface area contributed by atoms with Crippen LogP contribution in [0.5, 0.6) is 0 Å². The lowest BCUT2D eigenvalue weighted by molar-refractivity contribution is 0.553. The number of piperidine rings is 1. The third kappa shape index (κ3) is 1.23. The Morgan fingerprint density at radius 1 is 1.29 bits per heavy atom. The molecule has 3 rings (SSSR count). The predicted octanol–water partition coefficient (Wildman–Crippen LogP) is 2.98. The van der Waals surface area contributed by atoms with Crippen LogP contribution in [0.2, 0.25) is 0 Å². The van der Waals surface area contributed by atoms with Gasteiger partial charge in [-0.25, -0.2) is 0 Å². The van der Waals surface area contributed by atoms with Gasteiger partial charge >= 0.3 is 0 Å². The summed E-state index contributed by atoms with van der Waals surface area (Å²) in [5, 5.41) is 0. The lowest BCUT2D eigenvalue weighted by Crippen LogP contribution is -2.31. The van der Waals surface area contributed by atoms with Crippen molar-refractivity contribution in [3.63, 3.8) is 0 Å². The highest BCUT2D eigenvalue weighted by Gasteiger charge is 2.37. The maximum absolute atomic E-state index is 2.61. The van der Waals surface area contributed by atoms with E-state index in [2.05, 4.69) is 36.1 Å². The molecule has 2 bridgehead atoms. The largest absolute Gasteiger partial charge is 0.368 e. The second kappa shape index (κ2) is 3.01. The summed E-state index contributed by atoms with van der Waals surface area (Å²) in [6.07, 6.45) is 4.32. The third-order valence-electron chi connectivity index (χ3n) is 3.74. The Balaban J connectivity index is 1.89. The number of nitrogens with zero attached hydrogens (tertiary/aromatic N) is 1. The fourth-order valence-electron chi connectivity index (χ4n) is 3.05. The zero-order valence-corrected chi connectivity index (χ0v) is 8.74. The van der Waals surface area contributed by atoms with E-state index in [9.17, 15) is 0 Å². The lowest BCUT2D eigenvalue weighted by atomic mass is 10.1. The second-order valence-corrected chi connectivity index (χ2v) is 4.82. The Bertz CT molecular complexity index is 345. The third-order valence-corrected chi connectivity index (χ3v) is 3.74. The molecule has 2 atom stereocenters. The van der Waals surface area contributed by atoms with Gasteiger partial charge in [-0.05, 0) is 49.8 Å². The van der Waals surface area contributed by atoms with Crippen LogP contribution in [0.25, 0.3) is 0 Å². The Morgan fingerprint density at radius 3 is 2.86 bits per heavy atom. The monoisotopic (exact) mass is 187 g/mol. The molecule has 74 valence electrons. The van der Waals surface area contributed by atoms with Gasteiger partial charge in [0.25, 0.3) is 0 Å². The van der Waals surface area contributed by atoms with E-state index in [0.717, 1.165) is 12.0 Å². The smallest absolute Gasteiger partial charge is 0.0371 e. The first-order valence-corrected chi connectivity index (χ1v) is 5.66. The molecule has 0 amide bonds. The molecule has 2 aliphatic rings. The minimum atomic E-state index is 0.849. The SMILES string of the molecule is Cc1cccc(N2CC3CCC2C3)c1. The molecular formula is C13H17N. The van der Waals surface area contributed by atoms with Gasteiger partial charge in [-0.3, -0.25) is 0 Å². The average Bonchev–Trinajstić information content (AvgIpc) is 2.78. The number of fused-ring (bicyclic) bond motifs is 2. The Hall–Kier alpha value is -0.980. The van der Waals surface area contributed by atoms with E-state index in [4.69, 9.17) is 0 Å². The van der Waals surface area contributed by atoms with Crippen LogP contribution in [0.1, 0.15) is 24.8 Å². The van der Waals surface area contributed by atoms with E-state index in [1.165, 1.54) is 37.1 Å². The average molecular weight is 187 g/mol. The molecule has 0 spiro atoms. The molecule has 1 saturated carbocycles. The summed E-state index contributed by atoms with van der Waals surface area (Å²) >= 11 is 0. The molecule has 0 N–H and O–H groups in total. The van der Waals surface area contributed by atoms with Crippen molar-refractivity contribution in [3.05, 3.63) is 29.8 Å². The summed E-state index contributed by atoms with van der Waals surface area (Å²) in [5.41, 5.74) is 2.82. The van der Waals surface area contributed by atoms with Gasteiger partial charge in [-0.2, -0.15) is 0 Å². The predicted molar refractivity (Wildman–Crippen MR) is 59.7 cm³/mol. The molecule has 1 aliphatic carbocycles. The minimum Gasteiger partial charge on any atom is -0.368 e. The molecule has 2 fully saturated rings. The first kappa shape index (κ1) is 8.34. The first-order valence-electron chi connectivity index (χ1n) is 5.66. The van der Waals surface area contributed by atoms with Gasteiger partial charge in [0.2, 0.25) is 0 Å². The first-order chi connectivity index (χ1) is 6.83. The summed E-state index contributed by atoms with van der Waals surface area (Å²) in [6, 6.07) is 9.78. The summed E-state index contributed by atoms with van der Waals surface area (Å²) < 4.78 is 0. The van der Waals surface area contributed by atoms with Crippen LogP contribution in [0.3, 0.4) is 0 Å². The normalized spacial score (nSPS) is 29.9. The highest BCUT2D eigenvalue weighted by molar-refractivity contribution is 5.51. The molecule has 1 heteroatoms. The Kier molecular flexibility index (Phi) is 1.79. The zero-order valence-electron chi connectivity index (χ0n) is 8.74. The van der Waals surface area contributed by atoms with Crippen LogP contribution in [0, 0.1) is 12.8 Å². The number of hydrogen-bond donors (Lipinski definition) is 0. The van der Waals surface area contributed by atoms with Crippen molar-refractivity contribution < 1.29 is 0 Å². The van der Waals surface area contributed by atoms with Gasteiger partial charge in [0.05, 0.1) is 0 Å². The van der Waals surface area contributed by atoms with Crippen molar-refractivity contribution in [3.8, 4) is 0 Å². The number of hydrogen-bond acceptors (Lipinski definition) is 1. The van der Waals surface area contributed by atoms with Crippen LogP contribution in [-0.4, -0.2) is 12.6 Å². The molecule has 1 aromatic rings. The van der Waals surface area contributed by atoms with Gasteiger partial charge < -0.3 is 4.90 Å². The summed E-state index contributed by atoms with van der Waals surface area (Å²) in [6.45, 7) is 3.48. The molecule has 1 nitrogen and oxygen atoms in total. The topological polar surface area (TPSA) is 3.24 Å². The number of aryl methyl sites for hydroxylation is 1. The van der Waals surface area contributed by atoms with Gasteiger partial charge in [0, 0.05) is 18.3 Å². The van der Waals surface area contributed by atoms with Crippen molar-refractivity contribution >= 4 is 5.69 Å². The summed E-state index contributed by atoms with van der Waals surface area (Å²) in [5.74, 6) is 0.987. The molecule has 1 heterocycles. The lowest BCUT2D eigenvalue weighted by Gasteiger charge is -2.29. The Morgan fingerprint density at radius 2 is 2.21 bits per heavy atom. The van der Waals surface area contributed by atoms with Crippen molar-refractivity contribution in [2.45, 2.75) is 32.2 Å². The van der Waals surface area contributed by atoms with Crippen LogP contribution < -0.4 is 4.90 Å². The molecule has 1 aromatic carbocycles. The summed E-state index contributed by atoms with van der Waals surface area (Å²) in [4.78, 5) is 2.61.